The highest BCUT2D eigenvalue weighted by Crippen LogP contribution is 2.43. The van der Waals surface area contributed by atoms with E-state index in [0.29, 0.717) is 19.3 Å². The number of likely N-dealkylation sites (tertiary alicyclic amines) is 1. The van der Waals surface area contributed by atoms with Crippen molar-refractivity contribution in [1.29, 1.82) is 0 Å². The molecule has 1 aromatic carbocycles. The van der Waals surface area contributed by atoms with Crippen LogP contribution in [0, 0.1) is 0 Å². The summed E-state index contributed by atoms with van der Waals surface area (Å²) >= 11 is 0. The lowest BCUT2D eigenvalue weighted by Crippen LogP contribution is -2.63. The van der Waals surface area contributed by atoms with Crippen LogP contribution in [0.3, 0.4) is 0 Å². The number of hydrogen-bond donors (Lipinski definition) is 2. The van der Waals surface area contributed by atoms with Gasteiger partial charge < -0.3 is 10.00 Å². The molecule has 8 heteroatoms. The van der Waals surface area contributed by atoms with Crippen LogP contribution >= 0.6 is 7.37 Å². The monoisotopic (exact) mass is 411 g/mol. The number of carbonyl (C=O) groups is 2. The Morgan fingerprint density at radius 3 is 2.46 bits per heavy atom. The van der Waals surface area contributed by atoms with Crippen LogP contribution in [0.1, 0.15) is 45.1 Å². The third-order valence-electron chi connectivity index (χ3n) is 5.68. The minimum absolute atomic E-state index is 0.131. The summed E-state index contributed by atoms with van der Waals surface area (Å²) in [5.41, 5.74) is 1.19. The van der Waals surface area contributed by atoms with Crippen molar-refractivity contribution in [3.05, 3.63) is 35.9 Å². The van der Waals surface area contributed by atoms with Gasteiger partial charge in [-0.3, -0.25) is 9.46 Å². The van der Waals surface area contributed by atoms with Crippen LogP contribution in [0.25, 0.3) is 0 Å². The number of nitrogens with zero attached hydrogens (tertiary/aromatic N) is 2. The fraction of sp³-hybridized carbons (Fsp3) is 0.600. The first kappa shape index (κ1) is 22.6. The fourth-order valence-electron chi connectivity index (χ4n) is 3.95. The lowest BCUT2D eigenvalue weighted by atomic mass is 10.1. The Kier molecular flexibility index (Phi) is 7.81. The van der Waals surface area contributed by atoms with Crippen molar-refractivity contribution in [2.24, 2.45) is 0 Å². The smallest absolute Gasteiger partial charge is 0.435 e. The second-order valence-corrected chi connectivity index (χ2v) is 10.1. The maximum atomic E-state index is 13.0. The number of aryl methyl sites for hydroxylation is 1. The van der Waals surface area contributed by atoms with E-state index in [-0.39, 0.29) is 31.6 Å². The molecule has 0 spiro atoms. The van der Waals surface area contributed by atoms with Crippen molar-refractivity contribution in [2.45, 2.75) is 52.0 Å². The van der Waals surface area contributed by atoms with Crippen molar-refractivity contribution in [1.82, 2.24) is 4.90 Å². The van der Waals surface area contributed by atoms with E-state index < -0.39 is 24.0 Å². The molecular formula is C20H32N2O5P+. The zero-order valence-corrected chi connectivity index (χ0v) is 17.7. The molecule has 0 bridgehead atoms. The van der Waals surface area contributed by atoms with E-state index in [1.165, 1.54) is 10.5 Å². The van der Waals surface area contributed by atoms with Gasteiger partial charge in [-0.2, -0.15) is 4.79 Å². The minimum Gasteiger partial charge on any atom is -0.435 e. The zero-order chi connectivity index (χ0) is 20.8. The van der Waals surface area contributed by atoms with Gasteiger partial charge in [-0.15, -0.1) is 4.48 Å². The van der Waals surface area contributed by atoms with E-state index in [4.69, 9.17) is 0 Å². The van der Waals surface area contributed by atoms with Crippen LogP contribution in [0.2, 0.25) is 0 Å². The Bertz CT molecular complexity index is 727. The molecule has 0 aliphatic carbocycles. The third-order valence-corrected chi connectivity index (χ3v) is 7.48. The standard InChI is InChI=1S/C20H31N2O5P/c1-3-21(19(23)22(20(24)25)14-9-10-17(22)2)16-28(26,27)15-8-7-13-18-11-5-4-6-12-18/h4-6,11-12,17H,3,7-10,13-16H2,1-2H3,(H-,24,25,26,27)/p+1/t17-,22?/m1/s1. The average molecular weight is 411 g/mol. The molecule has 28 heavy (non-hydrogen) atoms. The van der Waals surface area contributed by atoms with Crippen LogP contribution in [0.15, 0.2) is 30.3 Å². The topological polar surface area (TPSA) is 94.9 Å². The Hall–Kier alpha value is -1.69. The molecule has 2 N–H and O–H groups in total. The van der Waals surface area contributed by atoms with E-state index in [0.717, 1.165) is 12.8 Å². The van der Waals surface area contributed by atoms with Gasteiger partial charge in [0, 0.05) is 25.5 Å². The number of rotatable bonds is 8. The van der Waals surface area contributed by atoms with Crippen molar-refractivity contribution in [3.8, 4) is 0 Å². The van der Waals surface area contributed by atoms with Gasteiger partial charge in [-0.1, -0.05) is 30.3 Å². The van der Waals surface area contributed by atoms with Crippen molar-refractivity contribution >= 4 is 19.5 Å². The van der Waals surface area contributed by atoms with Crippen LogP contribution in [0.4, 0.5) is 9.59 Å². The van der Waals surface area contributed by atoms with Gasteiger partial charge in [-0.05, 0) is 38.7 Å². The normalized spacial score (nSPS) is 23.9. The van der Waals surface area contributed by atoms with Crippen molar-refractivity contribution < 1.29 is 28.6 Å². The van der Waals surface area contributed by atoms with Gasteiger partial charge in [0.1, 0.15) is 12.3 Å². The highest BCUT2D eigenvalue weighted by molar-refractivity contribution is 7.57. The Balaban J connectivity index is 1.95. The summed E-state index contributed by atoms with van der Waals surface area (Å²) in [7, 11) is -3.56. The number of carboxylic acid groups (broad SMARTS) is 1. The number of imide groups is 1. The minimum atomic E-state index is -3.56. The number of benzene rings is 1. The van der Waals surface area contributed by atoms with Crippen LogP contribution in [-0.4, -0.2) is 63.1 Å². The van der Waals surface area contributed by atoms with Crippen molar-refractivity contribution in [3.63, 3.8) is 0 Å². The largest absolute Gasteiger partial charge is 0.523 e. The first-order chi connectivity index (χ1) is 13.2. The Morgan fingerprint density at radius 2 is 1.93 bits per heavy atom. The first-order valence-corrected chi connectivity index (χ1v) is 12.0. The summed E-state index contributed by atoms with van der Waals surface area (Å²) in [5, 5.41) is 9.72. The summed E-state index contributed by atoms with van der Waals surface area (Å²) in [6, 6.07) is 9.05. The van der Waals surface area contributed by atoms with Gasteiger partial charge in [-0.25, -0.2) is 4.79 Å². The summed E-state index contributed by atoms with van der Waals surface area (Å²) < 4.78 is 12.0. The molecule has 2 rings (SSSR count). The maximum Gasteiger partial charge on any atom is 0.523 e. The second-order valence-electron chi connectivity index (χ2n) is 7.66. The molecule has 1 aromatic rings. The average Bonchev–Trinajstić information content (AvgIpc) is 3.06. The Labute approximate surface area is 167 Å². The molecule has 0 saturated carbocycles. The molecule has 3 atom stereocenters. The van der Waals surface area contributed by atoms with Gasteiger partial charge in [0.2, 0.25) is 7.37 Å². The molecule has 1 heterocycles. The fourth-order valence-corrected chi connectivity index (χ4v) is 5.66. The molecule has 1 saturated heterocycles. The molecule has 0 radical (unpaired) electrons. The predicted octanol–water partition coefficient (Wildman–Crippen LogP) is 4.36. The molecule has 7 nitrogen and oxygen atoms in total. The van der Waals surface area contributed by atoms with Gasteiger partial charge in [0.05, 0.1) is 6.54 Å². The highest BCUT2D eigenvalue weighted by atomic mass is 31.2. The van der Waals surface area contributed by atoms with E-state index in [1.54, 1.807) is 13.8 Å². The number of quaternary nitrogens is 1. The van der Waals surface area contributed by atoms with Gasteiger partial charge >= 0.3 is 12.1 Å². The highest BCUT2D eigenvalue weighted by Gasteiger charge is 2.55. The summed E-state index contributed by atoms with van der Waals surface area (Å²) in [6.07, 6.45) is 2.21. The van der Waals surface area contributed by atoms with Gasteiger partial charge in [0.25, 0.3) is 0 Å². The lowest BCUT2D eigenvalue weighted by molar-refractivity contribution is -0.791. The molecule has 1 aliphatic rings. The third kappa shape index (κ3) is 5.22. The lowest BCUT2D eigenvalue weighted by Gasteiger charge is -2.34. The SMILES string of the molecule is CCN(CP(=O)(O)CCCCc1ccccc1)C(=O)[N+]1(C(=O)O)CCC[C@H]1C. The molecule has 1 aliphatic heterocycles. The summed E-state index contributed by atoms with van der Waals surface area (Å²) in [4.78, 5) is 36.6. The summed E-state index contributed by atoms with van der Waals surface area (Å²) in [6.45, 7) is 3.92. The van der Waals surface area contributed by atoms with E-state index in [2.05, 4.69) is 0 Å². The maximum absolute atomic E-state index is 13.0. The van der Waals surface area contributed by atoms with E-state index in [9.17, 15) is 24.2 Å². The van der Waals surface area contributed by atoms with Crippen molar-refractivity contribution in [2.75, 3.05) is 25.5 Å². The molecule has 3 amide bonds. The van der Waals surface area contributed by atoms with E-state index in [1.807, 2.05) is 30.3 Å². The number of hydrogen-bond acceptors (Lipinski definition) is 3. The van der Waals surface area contributed by atoms with Crippen LogP contribution in [-0.2, 0) is 11.0 Å². The van der Waals surface area contributed by atoms with Crippen LogP contribution < -0.4 is 0 Å². The number of unbranched alkanes of at least 4 members (excludes halogenated alkanes) is 1. The molecular weight excluding hydrogens is 379 g/mol. The number of urea groups is 1. The predicted molar refractivity (Wildman–Crippen MR) is 109 cm³/mol. The van der Waals surface area contributed by atoms with Gasteiger partial charge in [0.15, 0.2) is 0 Å². The van der Waals surface area contributed by atoms with E-state index >= 15 is 0 Å². The van der Waals surface area contributed by atoms with Crippen LogP contribution in [0.5, 0.6) is 0 Å². The molecule has 0 aromatic heterocycles. The quantitative estimate of drug-likeness (QED) is 0.377. The number of carbonyl (C=O) groups excluding carboxylic acids is 1. The first-order valence-electron chi connectivity index (χ1n) is 9.98. The molecule has 156 valence electrons. The Morgan fingerprint density at radius 1 is 1.25 bits per heavy atom. The molecule has 1 fully saturated rings. The zero-order valence-electron chi connectivity index (χ0n) is 16.8. The number of amides is 3. The molecule has 2 unspecified atom stereocenters. The summed E-state index contributed by atoms with van der Waals surface area (Å²) in [5.74, 6) is 0. The second kappa shape index (κ2) is 9.68.